The summed E-state index contributed by atoms with van der Waals surface area (Å²) >= 11 is 0. The number of nitrogens with zero attached hydrogens (tertiary/aromatic N) is 1. The van der Waals surface area contributed by atoms with E-state index in [2.05, 4.69) is 51.2 Å². The van der Waals surface area contributed by atoms with Gasteiger partial charge >= 0.3 is 51.4 Å². The second kappa shape index (κ2) is 17.5. The molecule has 0 aliphatic rings. The molecular formula is C17H30KNO. The Morgan fingerprint density at radius 3 is 1.85 bits per heavy atom. The third-order valence-electron chi connectivity index (χ3n) is 2.40. The van der Waals surface area contributed by atoms with Crippen LogP contribution in [0.5, 0.6) is 0 Å². The fraction of sp³-hybridized carbons (Fsp3) is 0.588. The van der Waals surface area contributed by atoms with Crippen LogP contribution >= 0.6 is 0 Å². The summed E-state index contributed by atoms with van der Waals surface area (Å²) in [5.41, 5.74) is 4.11. The number of ketones is 1. The molecule has 0 bridgehead atoms. The van der Waals surface area contributed by atoms with Crippen LogP contribution in [0.1, 0.15) is 50.3 Å². The molecule has 1 aromatic rings. The van der Waals surface area contributed by atoms with Gasteiger partial charge in [-0.3, -0.25) is 0 Å². The van der Waals surface area contributed by atoms with Gasteiger partial charge in [0.15, 0.2) is 0 Å². The van der Waals surface area contributed by atoms with Gasteiger partial charge in [0, 0.05) is 0 Å². The first kappa shape index (κ1) is 25.4. The van der Waals surface area contributed by atoms with Gasteiger partial charge in [-0.15, -0.1) is 6.54 Å². The zero-order valence-electron chi connectivity index (χ0n) is 14.7. The Labute approximate surface area is 168 Å². The molecule has 1 rings (SSSR count). The summed E-state index contributed by atoms with van der Waals surface area (Å²) in [6, 6.07) is 6.50. The van der Waals surface area contributed by atoms with Crippen molar-refractivity contribution >= 4 is 5.78 Å². The van der Waals surface area contributed by atoms with E-state index in [9.17, 15) is 4.79 Å². The number of hydrogen-bond acceptors (Lipinski definition) is 1. The second-order valence-corrected chi connectivity index (χ2v) is 4.89. The third kappa shape index (κ3) is 20.8. The number of benzene rings is 1. The summed E-state index contributed by atoms with van der Waals surface area (Å²) in [6.45, 7) is 12.7. The molecule has 0 unspecified atom stereocenters. The summed E-state index contributed by atoms with van der Waals surface area (Å²) in [4.78, 5) is 9.44. The number of aryl methyl sites for hydroxylation is 3. The third-order valence-corrected chi connectivity index (χ3v) is 2.40. The fourth-order valence-corrected chi connectivity index (χ4v) is 1.21. The SMILES string of the molecule is CC(C)=O.CCCC[N-]C.Cc1ccc(C)c(C)c1.[K+]. The zero-order chi connectivity index (χ0) is 15.3. The molecule has 0 fully saturated rings. The molecule has 3 heteroatoms. The van der Waals surface area contributed by atoms with Crippen molar-refractivity contribution in [3.8, 4) is 0 Å². The minimum absolute atomic E-state index is 0. The first-order valence-corrected chi connectivity index (χ1v) is 6.91. The van der Waals surface area contributed by atoms with Crippen LogP contribution in [0.4, 0.5) is 0 Å². The number of carbonyl (C=O) groups excluding carboxylic acids is 1. The predicted molar refractivity (Wildman–Crippen MR) is 86.1 cm³/mol. The van der Waals surface area contributed by atoms with Crippen LogP contribution in [-0.4, -0.2) is 19.4 Å². The van der Waals surface area contributed by atoms with Crippen LogP contribution < -0.4 is 51.4 Å². The summed E-state index contributed by atoms with van der Waals surface area (Å²) in [6.07, 6.45) is 2.51. The van der Waals surface area contributed by atoms with E-state index in [1.165, 1.54) is 43.4 Å². The fourth-order valence-electron chi connectivity index (χ4n) is 1.21. The smallest absolute Gasteiger partial charge is 0.665 e. The Morgan fingerprint density at radius 1 is 1.10 bits per heavy atom. The zero-order valence-corrected chi connectivity index (χ0v) is 17.8. The van der Waals surface area contributed by atoms with Crippen LogP contribution in [-0.2, 0) is 4.79 Å². The van der Waals surface area contributed by atoms with Gasteiger partial charge in [-0.25, -0.2) is 0 Å². The Morgan fingerprint density at radius 2 is 1.60 bits per heavy atom. The molecule has 0 radical (unpaired) electrons. The molecule has 0 aliphatic heterocycles. The predicted octanol–water partition coefficient (Wildman–Crippen LogP) is 2.00. The molecule has 0 aromatic heterocycles. The van der Waals surface area contributed by atoms with Crippen molar-refractivity contribution in [2.24, 2.45) is 0 Å². The van der Waals surface area contributed by atoms with Crippen molar-refractivity contribution in [2.75, 3.05) is 13.6 Å². The van der Waals surface area contributed by atoms with Gasteiger partial charge in [-0.05, 0) is 45.7 Å². The second-order valence-electron chi connectivity index (χ2n) is 4.89. The molecule has 0 saturated carbocycles. The van der Waals surface area contributed by atoms with E-state index < -0.39 is 0 Å². The van der Waals surface area contributed by atoms with Crippen LogP contribution in [0.25, 0.3) is 5.32 Å². The Hall–Kier alpha value is 0.486. The van der Waals surface area contributed by atoms with E-state index >= 15 is 0 Å². The molecule has 0 heterocycles. The number of unbranched alkanes of at least 4 members (excludes halogenated alkanes) is 1. The van der Waals surface area contributed by atoms with Crippen molar-refractivity contribution in [1.82, 2.24) is 0 Å². The van der Waals surface area contributed by atoms with Crippen molar-refractivity contribution in [3.63, 3.8) is 0 Å². The first-order valence-electron chi connectivity index (χ1n) is 6.91. The maximum Gasteiger partial charge on any atom is 1.00 e. The monoisotopic (exact) mass is 303 g/mol. The van der Waals surface area contributed by atoms with Gasteiger partial charge in [0.05, 0.1) is 0 Å². The molecule has 0 saturated heterocycles. The quantitative estimate of drug-likeness (QED) is 0.621. The summed E-state index contributed by atoms with van der Waals surface area (Å²) in [7, 11) is 1.86. The maximum atomic E-state index is 9.44. The standard InChI is InChI=1S/C9H12.C5H12N.C3H6O.K/c1-7-4-5-8(2)9(3)6-7;1-3-4-5-6-2;1-3(2)4;/h4-6H,1-3H3;3-5H2,1-2H3;1-2H3;/q;-1;;+1. The van der Waals surface area contributed by atoms with E-state index in [-0.39, 0.29) is 57.2 Å². The molecule has 0 N–H and O–H groups in total. The topological polar surface area (TPSA) is 31.2 Å². The van der Waals surface area contributed by atoms with Gasteiger partial charge < -0.3 is 10.1 Å². The number of rotatable bonds is 3. The number of Topliss-reactive ketones (excluding diaryl/α,β-unsaturated/α-hetero) is 1. The normalized spacial score (nSPS) is 8.35. The minimum Gasteiger partial charge on any atom is -0.665 e. The van der Waals surface area contributed by atoms with Crippen molar-refractivity contribution < 1.29 is 56.2 Å². The maximum absolute atomic E-state index is 9.44. The van der Waals surface area contributed by atoms with Crippen LogP contribution in [0.3, 0.4) is 0 Å². The average Bonchev–Trinajstić information content (AvgIpc) is 2.32. The largest absolute Gasteiger partial charge is 1.00 e. The number of carbonyl (C=O) groups is 1. The van der Waals surface area contributed by atoms with Crippen molar-refractivity contribution in [3.05, 3.63) is 40.2 Å². The Balaban J connectivity index is -0.000000232. The molecule has 110 valence electrons. The number of hydrogen-bond donors (Lipinski definition) is 0. The van der Waals surface area contributed by atoms with E-state index in [1.807, 2.05) is 7.05 Å². The first-order chi connectivity index (χ1) is 8.84. The Bertz CT molecular complexity index is 343. The van der Waals surface area contributed by atoms with Gasteiger partial charge in [0.2, 0.25) is 0 Å². The van der Waals surface area contributed by atoms with Crippen LogP contribution in [0.2, 0.25) is 0 Å². The van der Waals surface area contributed by atoms with Crippen LogP contribution in [0, 0.1) is 20.8 Å². The van der Waals surface area contributed by atoms with E-state index in [0.717, 1.165) is 6.54 Å². The minimum atomic E-state index is 0. The molecule has 0 amide bonds. The molecule has 0 spiro atoms. The van der Waals surface area contributed by atoms with Gasteiger partial charge in [0.25, 0.3) is 0 Å². The van der Waals surface area contributed by atoms with Crippen LogP contribution in [0.15, 0.2) is 18.2 Å². The average molecular weight is 304 g/mol. The molecule has 20 heavy (non-hydrogen) atoms. The molecule has 0 atom stereocenters. The van der Waals surface area contributed by atoms with Gasteiger partial charge in [0.1, 0.15) is 5.78 Å². The van der Waals surface area contributed by atoms with Crippen molar-refractivity contribution in [1.29, 1.82) is 0 Å². The van der Waals surface area contributed by atoms with Gasteiger partial charge in [-0.2, -0.15) is 7.05 Å². The Kier molecular flexibility index (Phi) is 22.3. The summed E-state index contributed by atoms with van der Waals surface area (Å²) in [5.74, 6) is 0.167. The van der Waals surface area contributed by atoms with E-state index in [1.54, 1.807) is 0 Å². The molecule has 1 aromatic carbocycles. The van der Waals surface area contributed by atoms with Crippen molar-refractivity contribution in [2.45, 2.75) is 54.4 Å². The summed E-state index contributed by atoms with van der Waals surface area (Å²) in [5, 5.41) is 3.93. The van der Waals surface area contributed by atoms with E-state index in [4.69, 9.17) is 0 Å². The summed E-state index contributed by atoms with van der Waals surface area (Å²) < 4.78 is 0. The molecule has 2 nitrogen and oxygen atoms in total. The molecular weight excluding hydrogens is 273 g/mol. The van der Waals surface area contributed by atoms with E-state index in [0.29, 0.717) is 0 Å². The van der Waals surface area contributed by atoms with Gasteiger partial charge in [-0.1, -0.05) is 43.5 Å². The molecule has 0 aliphatic carbocycles.